The maximum atomic E-state index is 12.6. The fraction of sp³-hybridized carbons (Fsp3) is 0.294. The van der Waals surface area contributed by atoms with E-state index in [-0.39, 0.29) is 11.8 Å². The minimum atomic E-state index is -4.34. The molecule has 0 N–H and O–H groups in total. The summed E-state index contributed by atoms with van der Waals surface area (Å²) >= 11 is 5.57. The first-order valence-corrected chi connectivity index (χ1v) is 7.91. The fourth-order valence-corrected chi connectivity index (χ4v) is 2.89. The number of rotatable bonds is 2. The van der Waals surface area contributed by atoms with E-state index in [2.05, 4.69) is 4.98 Å². The van der Waals surface area contributed by atoms with Crippen LogP contribution in [0.4, 0.5) is 13.2 Å². The van der Waals surface area contributed by atoms with E-state index in [0.717, 1.165) is 29.0 Å². The van der Waals surface area contributed by atoms with Gasteiger partial charge in [-0.05, 0) is 35.7 Å². The van der Waals surface area contributed by atoms with E-state index < -0.39 is 11.7 Å². The summed E-state index contributed by atoms with van der Waals surface area (Å²) in [5.41, 5.74) is 2.57. The normalized spacial score (nSPS) is 14.4. The monoisotopic (exact) mass is 354 g/mol. The molecule has 24 heavy (non-hydrogen) atoms. The number of hydrogen-bond donors (Lipinski definition) is 0. The highest BCUT2D eigenvalue weighted by Gasteiger charge is 2.30. The average Bonchev–Trinajstić information content (AvgIpc) is 2.59. The number of benzene rings is 1. The van der Waals surface area contributed by atoms with Gasteiger partial charge >= 0.3 is 6.18 Å². The summed E-state index contributed by atoms with van der Waals surface area (Å²) in [6.07, 6.45) is -2.07. The molecule has 3 rings (SSSR count). The molecule has 0 unspecified atom stereocenters. The number of alkyl halides is 4. The number of carbonyl (C=O) groups is 1. The Kier molecular flexibility index (Phi) is 4.49. The summed E-state index contributed by atoms with van der Waals surface area (Å²) in [5, 5.41) is 0. The Morgan fingerprint density at radius 1 is 1.21 bits per heavy atom. The van der Waals surface area contributed by atoms with Gasteiger partial charge in [0.05, 0.1) is 17.8 Å². The Bertz CT molecular complexity index is 759. The number of halogens is 4. The van der Waals surface area contributed by atoms with Crippen LogP contribution in [0, 0.1) is 0 Å². The third kappa shape index (κ3) is 3.38. The van der Waals surface area contributed by atoms with Crippen LogP contribution in [-0.2, 0) is 23.9 Å². The van der Waals surface area contributed by atoms with Gasteiger partial charge in [-0.15, -0.1) is 11.6 Å². The van der Waals surface area contributed by atoms with Crippen LogP contribution in [0.2, 0.25) is 0 Å². The van der Waals surface area contributed by atoms with Gasteiger partial charge in [-0.1, -0.05) is 12.1 Å². The molecule has 2 aromatic rings. The first kappa shape index (κ1) is 16.8. The standard InChI is InChI=1S/C17H14ClF3N2O/c18-8-16(24)23-6-5-12-7-13(9-22-15(12)10-23)11-1-3-14(4-2-11)17(19,20)21/h1-4,7,9H,5-6,8,10H2. The average molecular weight is 355 g/mol. The SMILES string of the molecule is O=C(CCl)N1CCc2cc(-c3ccc(C(F)(F)F)cc3)cnc2C1. The van der Waals surface area contributed by atoms with Crippen molar-refractivity contribution in [1.29, 1.82) is 0 Å². The summed E-state index contributed by atoms with van der Waals surface area (Å²) in [6, 6.07) is 6.94. The molecule has 0 atom stereocenters. The zero-order chi connectivity index (χ0) is 17.3. The van der Waals surface area contributed by atoms with E-state index in [4.69, 9.17) is 11.6 Å². The third-order valence-corrected chi connectivity index (χ3v) is 4.29. The molecule has 1 aliphatic heterocycles. The van der Waals surface area contributed by atoms with Crippen molar-refractivity contribution in [2.45, 2.75) is 19.1 Å². The lowest BCUT2D eigenvalue weighted by molar-refractivity contribution is -0.137. The molecule has 0 saturated carbocycles. The van der Waals surface area contributed by atoms with Crippen molar-refractivity contribution in [1.82, 2.24) is 9.88 Å². The van der Waals surface area contributed by atoms with E-state index in [1.54, 1.807) is 11.1 Å². The van der Waals surface area contributed by atoms with E-state index in [1.165, 1.54) is 12.1 Å². The number of nitrogens with zero attached hydrogens (tertiary/aromatic N) is 2. The van der Waals surface area contributed by atoms with Gasteiger partial charge in [0.2, 0.25) is 5.91 Å². The summed E-state index contributed by atoms with van der Waals surface area (Å²) < 4.78 is 37.9. The Morgan fingerprint density at radius 3 is 2.54 bits per heavy atom. The van der Waals surface area contributed by atoms with Crippen LogP contribution >= 0.6 is 11.6 Å². The molecule has 7 heteroatoms. The van der Waals surface area contributed by atoms with Crippen LogP contribution in [0.15, 0.2) is 36.5 Å². The Balaban J connectivity index is 1.84. The van der Waals surface area contributed by atoms with Gasteiger partial charge in [0.25, 0.3) is 0 Å². The van der Waals surface area contributed by atoms with Crippen LogP contribution < -0.4 is 0 Å². The first-order chi connectivity index (χ1) is 11.4. The number of aromatic nitrogens is 1. The molecule has 1 amide bonds. The minimum Gasteiger partial charge on any atom is -0.335 e. The van der Waals surface area contributed by atoms with Crippen molar-refractivity contribution in [3.8, 4) is 11.1 Å². The van der Waals surface area contributed by atoms with Gasteiger partial charge in [0, 0.05) is 18.3 Å². The largest absolute Gasteiger partial charge is 0.416 e. The molecule has 0 bridgehead atoms. The van der Waals surface area contributed by atoms with Crippen molar-refractivity contribution in [3.63, 3.8) is 0 Å². The lowest BCUT2D eigenvalue weighted by Crippen LogP contribution is -2.37. The Hall–Kier alpha value is -2.08. The molecule has 1 aromatic heterocycles. The van der Waals surface area contributed by atoms with Crippen LogP contribution in [0.5, 0.6) is 0 Å². The smallest absolute Gasteiger partial charge is 0.335 e. The number of amides is 1. The lowest BCUT2D eigenvalue weighted by atomic mass is 9.99. The van der Waals surface area contributed by atoms with Gasteiger partial charge < -0.3 is 4.90 Å². The highest BCUT2D eigenvalue weighted by Crippen LogP contribution is 2.31. The van der Waals surface area contributed by atoms with Crippen LogP contribution in [-0.4, -0.2) is 28.2 Å². The van der Waals surface area contributed by atoms with Gasteiger partial charge in [-0.3, -0.25) is 9.78 Å². The maximum Gasteiger partial charge on any atom is 0.416 e. The highest BCUT2D eigenvalue weighted by molar-refractivity contribution is 6.27. The summed E-state index contributed by atoms with van der Waals surface area (Å²) in [5.74, 6) is -0.185. The molecule has 2 heterocycles. The van der Waals surface area contributed by atoms with E-state index in [9.17, 15) is 18.0 Å². The predicted octanol–water partition coefficient (Wildman–Crippen LogP) is 3.89. The summed E-state index contributed by atoms with van der Waals surface area (Å²) in [4.78, 5) is 17.7. The van der Waals surface area contributed by atoms with Crippen LogP contribution in [0.1, 0.15) is 16.8 Å². The molecule has 3 nitrogen and oxygen atoms in total. The van der Waals surface area contributed by atoms with Gasteiger partial charge in [0.15, 0.2) is 0 Å². The molecular formula is C17H14ClF3N2O. The topological polar surface area (TPSA) is 33.2 Å². The van der Waals surface area contributed by atoms with Crippen LogP contribution in [0.25, 0.3) is 11.1 Å². The van der Waals surface area contributed by atoms with Crippen molar-refractivity contribution in [3.05, 3.63) is 53.3 Å². The highest BCUT2D eigenvalue weighted by atomic mass is 35.5. The van der Waals surface area contributed by atoms with Crippen molar-refractivity contribution < 1.29 is 18.0 Å². The van der Waals surface area contributed by atoms with E-state index in [0.29, 0.717) is 25.1 Å². The summed E-state index contributed by atoms with van der Waals surface area (Å²) in [7, 11) is 0. The predicted molar refractivity (Wildman–Crippen MR) is 84.5 cm³/mol. The molecule has 0 saturated heterocycles. The molecular weight excluding hydrogens is 341 g/mol. The van der Waals surface area contributed by atoms with E-state index in [1.807, 2.05) is 6.07 Å². The first-order valence-electron chi connectivity index (χ1n) is 7.37. The number of pyridine rings is 1. The number of hydrogen-bond acceptors (Lipinski definition) is 2. The Labute approximate surface area is 142 Å². The zero-order valence-corrected chi connectivity index (χ0v) is 13.4. The van der Waals surface area contributed by atoms with Gasteiger partial charge in [-0.25, -0.2) is 0 Å². The molecule has 1 aliphatic rings. The second-order valence-electron chi connectivity index (χ2n) is 5.60. The second-order valence-corrected chi connectivity index (χ2v) is 5.87. The zero-order valence-electron chi connectivity index (χ0n) is 12.6. The quantitative estimate of drug-likeness (QED) is 0.767. The minimum absolute atomic E-state index is 0.0566. The number of carbonyl (C=O) groups excluding carboxylic acids is 1. The molecule has 0 spiro atoms. The van der Waals surface area contributed by atoms with Crippen molar-refractivity contribution >= 4 is 17.5 Å². The number of fused-ring (bicyclic) bond motifs is 1. The summed E-state index contributed by atoms with van der Waals surface area (Å²) in [6.45, 7) is 0.977. The van der Waals surface area contributed by atoms with Crippen molar-refractivity contribution in [2.24, 2.45) is 0 Å². The molecule has 1 aromatic carbocycles. The fourth-order valence-electron chi connectivity index (χ4n) is 2.72. The molecule has 0 fully saturated rings. The third-order valence-electron chi connectivity index (χ3n) is 4.06. The van der Waals surface area contributed by atoms with Gasteiger partial charge in [0.1, 0.15) is 5.88 Å². The van der Waals surface area contributed by atoms with E-state index >= 15 is 0 Å². The van der Waals surface area contributed by atoms with Crippen molar-refractivity contribution in [2.75, 3.05) is 12.4 Å². The Morgan fingerprint density at radius 2 is 1.92 bits per heavy atom. The van der Waals surface area contributed by atoms with Crippen LogP contribution in [0.3, 0.4) is 0 Å². The molecule has 126 valence electrons. The molecule has 0 aliphatic carbocycles. The van der Waals surface area contributed by atoms with Gasteiger partial charge in [-0.2, -0.15) is 13.2 Å². The second kappa shape index (κ2) is 6.43. The maximum absolute atomic E-state index is 12.6. The lowest BCUT2D eigenvalue weighted by Gasteiger charge is -2.27. The molecule has 0 radical (unpaired) electrons.